The van der Waals surface area contributed by atoms with E-state index < -0.39 is 41.4 Å². The summed E-state index contributed by atoms with van der Waals surface area (Å²) in [6.45, 7) is 8.11. The first-order valence-electron chi connectivity index (χ1n) is 12.2. The van der Waals surface area contributed by atoms with Crippen molar-refractivity contribution in [1.29, 1.82) is 0 Å². The van der Waals surface area contributed by atoms with E-state index in [1.54, 1.807) is 12.1 Å². The number of amides is 5. The van der Waals surface area contributed by atoms with Crippen LogP contribution in [-0.4, -0.2) is 83.4 Å². The van der Waals surface area contributed by atoms with E-state index >= 15 is 0 Å². The molecule has 0 spiro atoms. The number of piperidine rings is 1. The number of rotatable bonds is 7. The fraction of sp³-hybridized carbons (Fsp3) is 0.560. The van der Waals surface area contributed by atoms with Crippen LogP contribution in [0.5, 0.6) is 5.75 Å². The second kappa shape index (κ2) is 10.3. The van der Waals surface area contributed by atoms with Gasteiger partial charge in [-0.15, -0.1) is 0 Å². The topological polar surface area (TPSA) is 134 Å². The number of fused-ring (bicyclic) bond motifs is 1. The molecule has 0 bridgehead atoms. The minimum absolute atomic E-state index is 0.0278. The van der Waals surface area contributed by atoms with E-state index in [1.807, 2.05) is 20.8 Å². The Morgan fingerprint density at radius 3 is 2.64 bits per heavy atom. The third-order valence-electron chi connectivity index (χ3n) is 6.30. The summed E-state index contributed by atoms with van der Waals surface area (Å²) in [5.74, 6) is -1.91. The molecule has 0 aliphatic carbocycles. The maximum Gasteiger partial charge on any atom is 0.407 e. The molecule has 2 fully saturated rings. The number of carbonyl (C=O) groups is 5. The molecule has 3 aliphatic rings. The predicted octanol–water partition coefficient (Wildman–Crippen LogP) is 1.46. The van der Waals surface area contributed by atoms with Crippen molar-refractivity contribution in [2.45, 2.75) is 64.1 Å². The highest BCUT2D eigenvalue weighted by atomic mass is 16.6. The minimum Gasteiger partial charge on any atom is -0.493 e. The molecule has 2 saturated heterocycles. The van der Waals surface area contributed by atoms with Crippen LogP contribution in [0, 0.1) is 0 Å². The van der Waals surface area contributed by atoms with Crippen molar-refractivity contribution in [3.63, 3.8) is 0 Å². The van der Waals surface area contributed by atoms with Gasteiger partial charge in [0.05, 0.1) is 17.7 Å². The number of alkyl carbamates (subject to hydrolysis) is 1. The van der Waals surface area contributed by atoms with Crippen LogP contribution in [0.25, 0.3) is 0 Å². The molecular formula is C25H32N4O7. The Balaban J connectivity index is 1.28. The molecule has 0 radical (unpaired) electrons. The smallest absolute Gasteiger partial charge is 0.407 e. The Morgan fingerprint density at radius 2 is 1.92 bits per heavy atom. The Kier molecular flexibility index (Phi) is 7.30. The van der Waals surface area contributed by atoms with Gasteiger partial charge in [0.1, 0.15) is 17.4 Å². The second-order valence-electron chi connectivity index (χ2n) is 10.3. The molecule has 1 aromatic rings. The molecule has 5 amide bonds. The molecule has 11 heteroatoms. The molecule has 1 unspecified atom stereocenters. The monoisotopic (exact) mass is 500 g/mol. The lowest BCUT2D eigenvalue weighted by atomic mass is 10.0. The maximum atomic E-state index is 13.1. The maximum absolute atomic E-state index is 13.1. The van der Waals surface area contributed by atoms with Gasteiger partial charge < -0.3 is 19.7 Å². The number of likely N-dealkylation sites (tertiary alicyclic amines) is 1. The van der Waals surface area contributed by atoms with Crippen molar-refractivity contribution >= 4 is 29.7 Å². The van der Waals surface area contributed by atoms with Gasteiger partial charge in [-0.2, -0.15) is 0 Å². The lowest BCUT2D eigenvalue weighted by Gasteiger charge is -2.27. The molecule has 0 aromatic heterocycles. The molecule has 11 nitrogen and oxygen atoms in total. The molecule has 3 heterocycles. The standard InChI is InChI=1S/C25H32N4O7/c1-25(2,3)36-24(34)26-15-10-12-28(14-15)11-5-13-35-18-7-4-6-16-20(18)23(33)29(22(16)32)17-8-9-19(30)27-21(17)31/h4,6-7,15,17H,5,8-14H2,1-3H3,(H,26,34)(H,27,30,31)/t15-,17?/m1/s1. The van der Waals surface area contributed by atoms with Crippen molar-refractivity contribution in [3.05, 3.63) is 29.3 Å². The number of ether oxygens (including phenoxy) is 2. The van der Waals surface area contributed by atoms with E-state index in [0.29, 0.717) is 25.3 Å². The van der Waals surface area contributed by atoms with E-state index in [9.17, 15) is 24.0 Å². The van der Waals surface area contributed by atoms with E-state index in [1.165, 1.54) is 6.07 Å². The van der Waals surface area contributed by atoms with Gasteiger partial charge in [0.2, 0.25) is 11.8 Å². The Morgan fingerprint density at radius 1 is 1.14 bits per heavy atom. The van der Waals surface area contributed by atoms with Gasteiger partial charge in [0.15, 0.2) is 0 Å². The molecule has 194 valence electrons. The van der Waals surface area contributed by atoms with Crippen molar-refractivity contribution < 1.29 is 33.4 Å². The Labute approximate surface area is 209 Å². The van der Waals surface area contributed by atoms with Gasteiger partial charge in [-0.3, -0.25) is 29.4 Å². The number of nitrogens with one attached hydrogen (secondary N) is 2. The third kappa shape index (κ3) is 5.67. The highest BCUT2D eigenvalue weighted by molar-refractivity contribution is 6.24. The third-order valence-corrected chi connectivity index (χ3v) is 6.30. The van der Waals surface area contributed by atoms with Crippen LogP contribution in [0.4, 0.5) is 4.79 Å². The van der Waals surface area contributed by atoms with E-state index in [-0.39, 0.29) is 30.0 Å². The fourth-order valence-electron chi connectivity index (χ4n) is 4.70. The first-order chi connectivity index (χ1) is 17.0. The van der Waals surface area contributed by atoms with Crippen LogP contribution in [0.3, 0.4) is 0 Å². The summed E-state index contributed by atoms with van der Waals surface area (Å²) in [6, 6.07) is 3.83. The number of nitrogens with zero attached hydrogens (tertiary/aromatic N) is 2. The molecule has 1 aromatic carbocycles. The van der Waals surface area contributed by atoms with Gasteiger partial charge in [0.25, 0.3) is 11.8 Å². The van der Waals surface area contributed by atoms with Crippen LogP contribution >= 0.6 is 0 Å². The van der Waals surface area contributed by atoms with E-state index in [4.69, 9.17) is 9.47 Å². The lowest BCUT2D eigenvalue weighted by molar-refractivity contribution is -0.136. The van der Waals surface area contributed by atoms with Crippen molar-refractivity contribution in [3.8, 4) is 5.75 Å². The summed E-state index contributed by atoms with van der Waals surface area (Å²) in [7, 11) is 0. The summed E-state index contributed by atoms with van der Waals surface area (Å²) < 4.78 is 11.2. The molecule has 2 N–H and O–H groups in total. The number of benzene rings is 1. The lowest BCUT2D eigenvalue weighted by Crippen LogP contribution is -2.54. The molecule has 2 atom stereocenters. The number of carbonyl (C=O) groups excluding carboxylic acids is 5. The highest BCUT2D eigenvalue weighted by Gasteiger charge is 2.46. The molecule has 0 saturated carbocycles. The zero-order valence-corrected chi connectivity index (χ0v) is 20.8. The van der Waals surface area contributed by atoms with Crippen molar-refractivity contribution in [1.82, 2.24) is 20.4 Å². The largest absolute Gasteiger partial charge is 0.493 e. The second-order valence-corrected chi connectivity index (χ2v) is 10.3. The van der Waals surface area contributed by atoms with E-state index in [2.05, 4.69) is 15.5 Å². The zero-order valence-electron chi connectivity index (χ0n) is 20.8. The average molecular weight is 501 g/mol. The summed E-state index contributed by atoms with van der Waals surface area (Å²) in [5, 5.41) is 5.09. The number of hydrogen-bond acceptors (Lipinski definition) is 8. The Bertz CT molecular complexity index is 1080. The normalized spacial score (nSPS) is 22.5. The average Bonchev–Trinajstić information content (AvgIpc) is 3.33. The molecular weight excluding hydrogens is 468 g/mol. The molecule has 4 rings (SSSR count). The van der Waals surface area contributed by atoms with Gasteiger partial charge in [0, 0.05) is 32.1 Å². The first-order valence-corrected chi connectivity index (χ1v) is 12.2. The van der Waals surface area contributed by atoms with Gasteiger partial charge in [-0.05, 0) is 52.2 Å². The zero-order chi connectivity index (χ0) is 26.0. The van der Waals surface area contributed by atoms with E-state index in [0.717, 1.165) is 24.4 Å². The minimum atomic E-state index is -1.01. The Hall–Kier alpha value is -3.47. The SMILES string of the molecule is CC(C)(C)OC(=O)N[C@@H]1CCN(CCCOc2cccc3c2C(=O)N(C2CCC(=O)NC2=O)C3=O)C1. The van der Waals surface area contributed by atoms with Crippen LogP contribution < -0.4 is 15.4 Å². The summed E-state index contributed by atoms with van der Waals surface area (Å²) in [6.07, 6.45) is 1.27. The van der Waals surface area contributed by atoms with Crippen LogP contribution in [0.15, 0.2) is 18.2 Å². The van der Waals surface area contributed by atoms with Crippen molar-refractivity contribution in [2.75, 3.05) is 26.2 Å². The van der Waals surface area contributed by atoms with Gasteiger partial charge >= 0.3 is 6.09 Å². The quantitative estimate of drug-likeness (QED) is 0.425. The summed E-state index contributed by atoms with van der Waals surface area (Å²) in [4.78, 5) is 64.9. The van der Waals surface area contributed by atoms with Crippen LogP contribution in [0.1, 0.15) is 67.2 Å². The fourth-order valence-corrected chi connectivity index (χ4v) is 4.70. The number of hydrogen-bond donors (Lipinski definition) is 2. The van der Waals surface area contributed by atoms with Crippen molar-refractivity contribution in [2.24, 2.45) is 0 Å². The molecule has 3 aliphatic heterocycles. The van der Waals surface area contributed by atoms with Gasteiger partial charge in [-0.25, -0.2) is 4.79 Å². The predicted molar refractivity (Wildman–Crippen MR) is 127 cm³/mol. The van der Waals surface area contributed by atoms with Crippen LogP contribution in [-0.2, 0) is 14.3 Å². The summed E-state index contributed by atoms with van der Waals surface area (Å²) in [5.41, 5.74) is -0.199. The molecule has 36 heavy (non-hydrogen) atoms. The first kappa shape index (κ1) is 25.6. The van der Waals surface area contributed by atoms with Gasteiger partial charge in [-0.1, -0.05) is 6.07 Å². The number of imide groups is 2. The highest BCUT2D eigenvalue weighted by Crippen LogP contribution is 2.33. The van der Waals surface area contributed by atoms with Crippen LogP contribution in [0.2, 0.25) is 0 Å². The summed E-state index contributed by atoms with van der Waals surface area (Å²) >= 11 is 0.